The molecule has 9 heteroatoms. The van der Waals surface area contributed by atoms with Crippen LogP contribution in [0.25, 0.3) is 0 Å². The van der Waals surface area contributed by atoms with Crippen LogP contribution in [0, 0.1) is 0 Å². The van der Waals surface area contributed by atoms with Crippen LogP contribution in [0.4, 0.5) is 0 Å². The molecule has 2 saturated heterocycles. The third-order valence-corrected chi connectivity index (χ3v) is 5.96. The molecule has 2 aromatic rings. The third kappa shape index (κ3) is 4.52. The molecule has 2 aliphatic rings. The first-order chi connectivity index (χ1) is 14.5. The molecule has 4 heterocycles. The second kappa shape index (κ2) is 8.93. The Kier molecular flexibility index (Phi) is 6.10. The summed E-state index contributed by atoms with van der Waals surface area (Å²) in [7, 11) is 1.79. The van der Waals surface area contributed by atoms with E-state index < -0.39 is 6.10 Å². The number of hydrogen-bond acceptors (Lipinski definition) is 6. The van der Waals surface area contributed by atoms with Crippen molar-refractivity contribution in [2.75, 3.05) is 19.6 Å². The summed E-state index contributed by atoms with van der Waals surface area (Å²) in [4.78, 5) is 33.4. The van der Waals surface area contributed by atoms with Crippen LogP contribution in [0.2, 0.25) is 0 Å². The summed E-state index contributed by atoms with van der Waals surface area (Å²) >= 11 is 0. The number of hydrogen-bond donors (Lipinski definition) is 2. The van der Waals surface area contributed by atoms with Gasteiger partial charge in [0.05, 0.1) is 12.1 Å². The lowest BCUT2D eigenvalue weighted by Gasteiger charge is -2.38. The Bertz CT molecular complexity index is 878. The van der Waals surface area contributed by atoms with Crippen molar-refractivity contribution < 1.29 is 14.7 Å². The van der Waals surface area contributed by atoms with Crippen molar-refractivity contribution >= 4 is 11.8 Å². The van der Waals surface area contributed by atoms with Gasteiger partial charge in [0, 0.05) is 57.9 Å². The van der Waals surface area contributed by atoms with E-state index in [4.69, 9.17) is 0 Å². The van der Waals surface area contributed by atoms with Crippen LogP contribution in [-0.2, 0) is 18.4 Å². The lowest BCUT2D eigenvalue weighted by Crippen LogP contribution is -2.52. The Morgan fingerprint density at radius 1 is 1.27 bits per heavy atom. The number of aromatic nitrogens is 3. The molecule has 2 N–H and O–H groups in total. The summed E-state index contributed by atoms with van der Waals surface area (Å²) in [6.07, 6.45) is 6.68. The molecule has 2 atom stereocenters. The second-order valence-corrected chi connectivity index (χ2v) is 8.08. The maximum Gasteiger partial charge on any atom is 0.274 e. The summed E-state index contributed by atoms with van der Waals surface area (Å²) in [5.41, 5.74) is 1.40. The van der Waals surface area contributed by atoms with Crippen LogP contribution in [0.15, 0.2) is 36.8 Å². The number of aryl methyl sites for hydroxylation is 1. The molecule has 2 fully saturated rings. The average molecular weight is 412 g/mol. The molecule has 9 nitrogen and oxygen atoms in total. The molecule has 30 heavy (non-hydrogen) atoms. The lowest BCUT2D eigenvalue weighted by atomic mass is 10.0. The predicted molar refractivity (Wildman–Crippen MR) is 109 cm³/mol. The normalized spacial score (nSPS) is 22.9. The van der Waals surface area contributed by atoms with Gasteiger partial charge in [0.1, 0.15) is 5.69 Å². The maximum absolute atomic E-state index is 12.8. The third-order valence-electron chi connectivity index (χ3n) is 5.96. The van der Waals surface area contributed by atoms with Gasteiger partial charge >= 0.3 is 0 Å². The van der Waals surface area contributed by atoms with E-state index in [0.717, 1.165) is 18.4 Å². The molecule has 0 bridgehead atoms. The molecule has 0 unspecified atom stereocenters. The summed E-state index contributed by atoms with van der Waals surface area (Å²) < 4.78 is 1.63. The number of amides is 2. The molecule has 0 radical (unpaired) electrons. The first-order valence-corrected chi connectivity index (χ1v) is 10.4. The molecule has 0 aromatic carbocycles. The van der Waals surface area contributed by atoms with E-state index in [1.807, 2.05) is 17.0 Å². The van der Waals surface area contributed by atoms with Gasteiger partial charge in [0.2, 0.25) is 5.91 Å². The van der Waals surface area contributed by atoms with Crippen LogP contribution in [0.1, 0.15) is 35.3 Å². The van der Waals surface area contributed by atoms with Gasteiger partial charge in [-0.1, -0.05) is 6.07 Å². The van der Waals surface area contributed by atoms with Crippen molar-refractivity contribution in [3.05, 3.63) is 48.0 Å². The Hall–Kier alpha value is -2.78. The van der Waals surface area contributed by atoms with E-state index in [9.17, 15) is 14.7 Å². The number of likely N-dealkylation sites (tertiary alicyclic amines) is 2. The molecule has 2 aliphatic heterocycles. The minimum Gasteiger partial charge on any atom is -0.392 e. The van der Waals surface area contributed by atoms with E-state index in [0.29, 0.717) is 38.3 Å². The number of carbonyl (C=O) groups is 2. The van der Waals surface area contributed by atoms with Crippen molar-refractivity contribution in [1.29, 1.82) is 0 Å². The van der Waals surface area contributed by atoms with Crippen molar-refractivity contribution in [1.82, 2.24) is 29.9 Å². The van der Waals surface area contributed by atoms with Gasteiger partial charge in [-0.2, -0.15) is 5.10 Å². The van der Waals surface area contributed by atoms with E-state index >= 15 is 0 Å². The second-order valence-electron chi connectivity index (χ2n) is 8.08. The van der Waals surface area contributed by atoms with Crippen molar-refractivity contribution in [3.63, 3.8) is 0 Å². The number of piperidine rings is 1. The standard InChI is InChI=1S/C21H28N6O3/c1-25-8-6-18(24-25)21(30)26-9-4-16(5-10-26)27-14-17(28)11-19(27)20(29)23-13-15-3-2-7-22-12-15/h2-3,6-8,12,16-17,19,28H,4-5,9-11,13-14H2,1H3,(H,23,29)/t17-,19+/m1/s1. The van der Waals surface area contributed by atoms with Crippen molar-refractivity contribution in [2.24, 2.45) is 7.05 Å². The van der Waals surface area contributed by atoms with Crippen molar-refractivity contribution in [2.45, 2.75) is 44.0 Å². The zero-order chi connectivity index (χ0) is 21.1. The van der Waals surface area contributed by atoms with Gasteiger partial charge < -0.3 is 15.3 Å². The molecule has 4 rings (SSSR count). The number of carbonyl (C=O) groups excluding carboxylic acids is 2. The fourth-order valence-corrected chi connectivity index (χ4v) is 4.40. The smallest absolute Gasteiger partial charge is 0.274 e. The van der Waals surface area contributed by atoms with E-state index in [2.05, 4.69) is 20.3 Å². The highest BCUT2D eigenvalue weighted by atomic mass is 16.3. The van der Waals surface area contributed by atoms with Crippen LogP contribution < -0.4 is 5.32 Å². The van der Waals surface area contributed by atoms with Gasteiger partial charge in [0.25, 0.3) is 5.91 Å². The minimum absolute atomic E-state index is 0.0544. The zero-order valence-corrected chi connectivity index (χ0v) is 17.1. The van der Waals surface area contributed by atoms with Crippen LogP contribution >= 0.6 is 0 Å². The molecular formula is C21H28N6O3. The zero-order valence-electron chi connectivity index (χ0n) is 17.1. The Balaban J connectivity index is 1.33. The summed E-state index contributed by atoms with van der Waals surface area (Å²) in [5, 5.41) is 17.4. The van der Waals surface area contributed by atoms with Gasteiger partial charge in [-0.25, -0.2) is 0 Å². The molecule has 160 valence electrons. The SMILES string of the molecule is Cn1ccc(C(=O)N2CCC(N3C[C@H](O)C[C@H]3C(=O)NCc3cccnc3)CC2)n1. The van der Waals surface area contributed by atoms with Gasteiger partial charge in [0.15, 0.2) is 0 Å². The number of aliphatic hydroxyl groups excluding tert-OH is 1. The van der Waals surface area contributed by atoms with E-state index in [1.165, 1.54) is 0 Å². The average Bonchev–Trinajstić information content (AvgIpc) is 3.38. The Morgan fingerprint density at radius 2 is 2.07 bits per heavy atom. The number of β-amino-alcohol motifs (C(OH)–C–C–N with tert-alkyl or cyclic N) is 1. The highest BCUT2D eigenvalue weighted by molar-refractivity contribution is 5.92. The quantitative estimate of drug-likeness (QED) is 0.726. The topological polar surface area (TPSA) is 104 Å². The first-order valence-electron chi connectivity index (χ1n) is 10.4. The molecule has 0 spiro atoms. The monoisotopic (exact) mass is 412 g/mol. The predicted octanol–water partition coefficient (Wildman–Crippen LogP) is 0.171. The highest BCUT2D eigenvalue weighted by Crippen LogP contribution is 2.27. The number of pyridine rings is 1. The van der Waals surface area contributed by atoms with Crippen LogP contribution in [0.5, 0.6) is 0 Å². The Morgan fingerprint density at radius 3 is 2.73 bits per heavy atom. The van der Waals surface area contributed by atoms with E-state index in [1.54, 1.807) is 36.4 Å². The molecule has 0 aliphatic carbocycles. The number of rotatable bonds is 5. The van der Waals surface area contributed by atoms with E-state index in [-0.39, 0.29) is 23.9 Å². The van der Waals surface area contributed by atoms with Crippen LogP contribution in [-0.4, -0.2) is 79.3 Å². The van der Waals surface area contributed by atoms with Crippen molar-refractivity contribution in [3.8, 4) is 0 Å². The molecular weight excluding hydrogens is 384 g/mol. The largest absolute Gasteiger partial charge is 0.392 e. The van der Waals surface area contributed by atoms with Crippen LogP contribution in [0.3, 0.4) is 0 Å². The fraction of sp³-hybridized carbons (Fsp3) is 0.524. The molecule has 0 saturated carbocycles. The van der Waals surface area contributed by atoms with Gasteiger partial charge in [-0.15, -0.1) is 0 Å². The minimum atomic E-state index is -0.507. The molecule has 2 aromatic heterocycles. The first kappa shape index (κ1) is 20.5. The number of aliphatic hydroxyl groups is 1. The molecule has 2 amide bonds. The lowest BCUT2D eigenvalue weighted by molar-refractivity contribution is -0.126. The summed E-state index contributed by atoms with van der Waals surface area (Å²) in [5.74, 6) is -0.122. The number of nitrogens with zero attached hydrogens (tertiary/aromatic N) is 5. The van der Waals surface area contributed by atoms with Gasteiger partial charge in [-0.05, 0) is 37.0 Å². The maximum atomic E-state index is 12.8. The Labute approximate surface area is 175 Å². The number of nitrogens with one attached hydrogen (secondary N) is 1. The fourth-order valence-electron chi connectivity index (χ4n) is 4.40. The highest BCUT2D eigenvalue weighted by Gasteiger charge is 2.41. The summed E-state index contributed by atoms with van der Waals surface area (Å²) in [6, 6.07) is 5.31. The van der Waals surface area contributed by atoms with Gasteiger partial charge in [-0.3, -0.25) is 24.2 Å². The summed E-state index contributed by atoms with van der Waals surface area (Å²) in [6.45, 7) is 2.15.